The van der Waals surface area contributed by atoms with Crippen LogP contribution in [0.5, 0.6) is 23.0 Å². The first-order chi connectivity index (χ1) is 38.4. The number of carbonyl (C=O) groups excluding carboxylic acids is 2. The second-order valence-corrected chi connectivity index (χ2v) is 23.5. The summed E-state index contributed by atoms with van der Waals surface area (Å²) in [7, 11) is -17.3. The van der Waals surface area contributed by atoms with Crippen molar-refractivity contribution >= 4 is 96.8 Å². The van der Waals surface area contributed by atoms with E-state index in [4.69, 9.17) is 16.7 Å². The molecule has 10 aromatic carbocycles. The monoisotopic (exact) mass is 1150 g/mol. The molecule has 4 amide bonds. The Bertz CT molecular complexity index is 4190. The largest absolute Gasteiger partial charge is 0.379 e. The smallest absolute Gasteiger partial charge is 0.339 e. The predicted octanol–water partition coefficient (Wildman–Crippen LogP) is 12.0. The van der Waals surface area contributed by atoms with E-state index in [0.717, 1.165) is 10.8 Å². The number of amides is 4. The van der Waals surface area contributed by atoms with Crippen molar-refractivity contribution in [3.05, 3.63) is 231 Å². The normalized spacial score (nSPS) is 11.8. The van der Waals surface area contributed by atoms with Crippen LogP contribution < -0.4 is 38.0 Å². The Morgan fingerprint density at radius 3 is 0.887 bits per heavy atom. The van der Waals surface area contributed by atoms with Crippen LogP contribution in [0.1, 0.15) is 0 Å². The van der Waals surface area contributed by atoms with E-state index in [1.807, 2.05) is 0 Å². The van der Waals surface area contributed by atoms with Gasteiger partial charge in [0.25, 0.3) is 0 Å². The Morgan fingerprint density at radius 1 is 0.287 bits per heavy atom. The average Bonchev–Trinajstić information content (AvgIpc) is 3.43. The summed E-state index contributed by atoms with van der Waals surface area (Å²) in [5.41, 5.74) is 1.81. The summed E-state index contributed by atoms with van der Waals surface area (Å²) in [4.78, 5) is 25.6. The fourth-order valence-corrected chi connectivity index (χ4v) is 12.4. The van der Waals surface area contributed by atoms with Gasteiger partial charge in [-0.15, -0.1) is 0 Å². The zero-order valence-corrected chi connectivity index (χ0v) is 44.6. The lowest BCUT2D eigenvalue weighted by Gasteiger charge is -2.12. The SMILES string of the molecule is O=C(Nc1cccc(OS(=O)(=O)c2ccc(-c3ccc(S(=O)(=O)Oc4cccc(NC(=O)Nc5cccc(OS(=O)(=O)c6cccc7ccccc67)c5)c4)cc3)cc2)c1)Nc1cccc(OS(=O)(=O)c2cccc3ccccc23)c1. The van der Waals surface area contributed by atoms with Gasteiger partial charge in [0.2, 0.25) is 0 Å². The third-order valence-corrected chi connectivity index (χ3v) is 17.0. The number of carbonyl (C=O) groups is 2. The molecule has 0 bridgehead atoms. The number of hydrogen-bond acceptors (Lipinski definition) is 14. The Morgan fingerprint density at radius 2 is 0.562 bits per heavy atom. The van der Waals surface area contributed by atoms with Crippen molar-refractivity contribution in [3.63, 3.8) is 0 Å². The van der Waals surface area contributed by atoms with Gasteiger partial charge in [0.1, 0.15) is 42.6 Å². The van der Waals surface area contributed by atoms with Crippen molar-refractivity contribution in [1.29, 1.82) is 0 Å². The van der Waals surface area contributed by atoms with E-state index in [1.54, 1.807) is 72.8 Å². The number of rotatable bonds is 17. The molecule has 0 unspecified atom stereocenters. The minimum atomic E-state index is -4.40. The summed E-state index contributed by atoms with van der Waals surface area (Å²) in [6.07, 6.45) is 0. The minimum absolute atomic E-state index is 0.0182. The number of hydrogen-bond donors (Lipinski definition) is 4. The highest BCUT2D eigenvalue weighted by Crippen LogP contribution is 2.32. The van der Waals surface area contributed by atoms with Crippen LogP contribution in [0.2, 0.25) is 0 Å². The van der Waals surface area contributed by atoms with Gasteiger partial charge in [-0.2, -0.15) is 33.7 Å². The Hall–Kier alpha value is -9.74. The molecule has 0 spiro atoms. The minimum Gasteiger partial charge on any atom is -0.379 e. The molecule has 0 atom stereocenters. The Balaban J connectivity index is 0.715. The molecular weight excluding hydrogens is 1100 g/mol. The molecule has 0 aromatic heterocycles. The fourth-order valence-electron chi connectivity index (χ4n) is 8.24. The van der Waals surface area contributed by atoms with Crippen LogP contribution in [-0.2, 0) is 40.5 Å². The molecule has 18 nitrogen and oxygen atoms in total. The number of fused-ring (bicyclic) bond motifs is 2. The Kier molecular flexibility index (Phi) is 15.0. The fraction of sp³-hybridized carbons (Fsp3) is 0. The standard InChI is InChI=1S/C58H42N4O14S4/c63-57(61-45-17-9-21-49(37-45)75-79(69,70)55-25-5-13-41-11-1-3-23-53(41)55)59-43-15-7-19-47(35-43)73-77(65,66)51-31-27-39(28-32-51)40-29-33-52(34-30-40)78(67,68)74-48-20-8-16-44(36-48)60-58(64)62-46-18-10-22-50(38-46)76-80(71,72)56-26-6-14-42-12-2-4-24-54(42)56/h1-38H,(H2,59,61,63)(H2,60,62,64). The maximum Gasteiger partial charge on any atom is 0.339 e. The van der Waals surface area contributed by atoms with Crippen LogP contribution in [0.15, 0.2) is 250 Å². The number of anilines is 4. The maximum atomic E-state index is 13.4. The number of benzene rings is 10. The molecule has 10 aromatic rings. The van der Waals surface area contributed by atoms with Crippen LogP contribution in [0.3, 0.4) is 0 Å². The van der Waals surface area contributed by atoms with Crippen molar-refractivity contribution < 1.29 is 60.0 Å². The summed E-state index contributed by atoms with van der Waals surface area (Å²) in [6, 6.07) is 56.3. The van der Waals surface area contributed by atoms with Gasteiger partial charge in [-0.25, -0.2) is 9.59 Å². The van der Waals surface area contributed by atoms with E-state index in [0.29, 0.717) is 21.9 Å². The van der Waals surface area contributed by atoms with Gasteiger partial charge in [-0.1, -0.05) is 121 Å². The molecule has 0 aliphatic heterocycles. The number of nitrogens with one attached hydrogen (secondary N) is 4. The van der Waals surface area contributed by atoms with Crippen LogP contribution >= 0.6 is 0 Å². The summed E-state index contributed by atoms with van der Waals surface area (Å²) in [5.74, 6) is -0.333. The highest BCUT2D eigenvalue weighted by Gasteiger charge is 2.23. The summed E-state index contributed by atoms with van der Waals surface area (Å²) < 4.78 is 128. The van der Waals surface area contributed by atoms with Gasteiger partial charge in [0.05, 0.1) is 0 Å². The molecule has 402 valence electrons. The average molecular weight is 1150 g/mol. The van der Waals surface area contributed by atoms with E-state index in [2.05, 4.69) is 21.3 Å². The zero-order chi connectivity index (χ0) is 56.1. The summed E-state index contributed by atoms with van der Waals surface area (Å²) >= 11 is 0. The maximum absolute atomic E-state index is 13.4. The molecular formula is C58H42N4O14S4. The quantitative estimate of drug-likeness (QED) is 0.0619. The molecule has 22 heteroatoms. The molecule has 0 radical (unpaired) electrons. The van der Waals surface area contributed by atoms with E-state index < -0.39 is 52.5 Å². The third-order valence-electron chi connectivity index (χ3n) is 11.8. The van der Waals surface area contributed by atoms with Gasteiger partial charge < -0.3 is 38.0 Å². The molecule has 0 fully saturated rings. The first-order valence-electron chi connectivity index (χ1n) is 23.9. The first-order valence-corrected chi connectivity index (χ1v) is 29.5. The predicted molar refractivity (Wildman–Crippen MR) is 302 cm³/mol. The van der Waals surface area contributed by atoms with Crippen molar-refractivity contribution in [2.75, 3.05) is 21.3 Å². The first kappa shape index (κ1) is 53.6. The molecule has 0 heterocycles. The van der Waals surface area contributed by atoms with E-state index >= 15 is 0 Å². The Labute approximate surface area is 459 Å². The topological polar surface area (TPSA) is 256 Å². The van der Waals surface area contributed by atoms with Crippen molar-refractivity contribution in [2.24, 2.45) is 0 Å². The molecule has 80 heavy (non-hydrogen) atoms. The van der Waals surface area contributed by atoms with Crippen LogP contribution in [0.4, 0.5) is 32.3 Å². The van der Waals surface area contributed by atoms with Gasteiger partial charge in [0, 0.05) is 57.8 Å². The van der Waals surface area contributed by atoms with Crippen LogP contribution in [-0.4, -0.2) is 45.7 Å². The van der Waals surface area contributed by atoms with Crippen LogP contribution in [0, 0.1) is 0 Å². The van der Waals surface area contributed by atoms with Gasteiger partial charge >= 0.3 is 52.5 Å². The van der Waals surface area contributed by atoms with E-state index in [1.165, 1.54) is 158 Å². The zero-order valence-electron chi connectivity index (χ0n) is 41.3. The summed E-state index contributed by atoms with van der Waals surface area (Å²) in [5, 5.41) is 12.8. The van der Waals surface area contributed by atoms with Gasteiger partial charge in [-0.3, -0.25) is 0 Å². The lowest BCUT2D eigenvalue weighted by molar-refractivity contribution is 0.261. The molecule has 0 aliphatic rings. The molecule has 0 aliphatic carbocycles. The van der Waals surface area contributed by atoms with Crippen molar-refractivity contribution in [3.8, 4) is 34.1 Å². The third kappa shape index (κ3) is 12.6. The van der Waals surface area contributed by atoms with Crippen molar-refractivity contribution in [1.82, 2.24) is 0 Å². The highest BCUT2D eigenvalue weighted by molar-refractivity contribution is 7.88. The lowest BCUT2D eigenvalue weighted by atomic mass is 10.1. The molecule has 4 N–H and O–H groups in total. The highest BCUT2D eigenvalue weighted by atomic mass is 32.2. The van der Waals surface area contributed by atoms with Gasteiger partial charge in [-0.05, 0) is 107 Å². The molecule has 0 saturated heterocycles. The second kappa shape index (κ2) is 22.3. The summed E-state index contributed by atoms with van der Waals surface area (Å²) in [6.45, 7) is 0. The number of urea groups is 2. The second-order valence-electron chi connectivity index (χ2n) is 17.4. The van der Waals surface area contributed by atoms with Crippen molar-refractivity contribution in [2.45, 2.75) is 19.6 Å². The van der Waals surface area contributed by atoms with Gasteiger partial charge in [0.15, 0.2) is 0 Å². The molecule has 0 saturated carbocycles. The van der Waals surface area contributed by atoms with E-state index in [9.17, 15) is 43.3 Å². The molecule has 10 rings (SSSR count). The van der Waals surface area contributed by atoms with Crippen LogP contribution in [0.25, 0.3) is 32.7 Å². The lowest BCUT2D eigenvalue weighted by Crippen LogP contribution is -2.19. The van der Waals surface area contributed by atoms with E-state index in [-0.39, 0.29) is 65.3 Å².